The number of thioether (sulfide) groups is 1. The average molecular weight is 373 g/mol. The largest absolute Gasteiger partial charge is 0.370 e. The molecule has 2 N–H and O–H groups in total. The van der Waals surface area contributed by atoms with Crippen molar-refractivity contribution in [3.05, 3.63) is 30.7 Å². The lowest BCUT2D eigenvalue weighted by Gasteiger charge is -2.28. The summed E-state index contributed by atoms with van der Waals surface area (Å²) in [5, 5.41) is 6.70. The van der Waals surface area contributed by atoms with Gasteiger partial charge in [-0.05, 0) is 43.6 Å². The van der Waals surface area contributed by atoms with E-state index in [0.29, 0.717) is 11.9 Å². The zero-order chi connectivity index (χ0) is 18.2. The first-order valence-electron chi connectivity index (χ1n) is 9.29. The first-order chi connectivity index (χ1) is 12.7. The molecular weight excluding hydrogens is 344 g/mol. The van der Waals surface area contributed by atoms with E-state index in [4.69, 9.17) is 0 Å². The van der Waals surface area contributed by atoms with Crippen LogP contribution in [0.5, 0.6) is 0 Å². The van der Waals surface area contributed by atoms with Crippen LogP contribution in [-0.2, 0) is 0 Å². The Hall–Kier alpha value is -2.02. The summed E-state index contributed by atoms with van der Waals surface area (Å²) in [5.41, 5.74) is 1.23. The lowest BCUT2D eigenvalue weighted by Crippen LogP contribution is -2.29. The second-order valence-electron chi connectivity index (χ2n) is 6.76. The third-order valence-electron chi connectivity index (χ3n) is 4.57. The van der Waals surface area contributed by atoms with E-state index in [0.717, 1.165) is 36.9 Å². The van der Waals surface area contributed by atoms with Crippen LogP contribution >= 0.6 is 11.8 Å². The molecule has 1 fully saturated rings. The van der Waals surface area contributed by atoms with Crippen LogP contribution in [0.15, 0.2) is 35.6 Å². The number of nitrogens with one attached hydrogen (secondary N) is 2. The number of pyridine rings is 1. The molecule has 2 aromatic rings. The molecule has 6 nitrogen and oxygen atoms in total. The fourth-order valence-corrected chi connectivity index (χ4v) is 3.28. The smallest absolute Gasteiger partial charge is 0.222 e. The average Bonchev–Trinajstić information content (AvgIpc) is 2.72. The summed E-state index contributed by atoms with van der Waals surface area (Å²) in [7, 11) is 0. The van der Waals surface area contributed by atoms with Gasteiger partial charge in [-0.2, -0.15) is 0 Å². The van der Waals surface area contributed by atoms with E-state index in [1.807, 2.05) is 24.8 Å². The Morgan fingerprint density at radius 1 is 1.00 bits per heavy atom. The molecule has 2 aromatic heterocycles. The summed E-state index contributed by atoms with van der Waals surface area (Å²) in [5.74, 6) is 2.04. The monoisotopic (exact) mass is 372 g/mol. The maximum absolute atomic E-state index is 4.56. The van der Waals surface area contributed by atoms with Crippen LogP contribution in [0.25, 0.3) is 0 Å². The Morgan fingerprint density at radius 2 is 1.73 bits per heavy atom. The molecule has 0 amide bonds. The van der Waals surface area contributed by atoms with Crippen molar-refractivity contribution < 1.29 is 0 Å². The molecule has 1 atom stereocenters. The van der Waals surface area contributed by atoms with Gasteiger partial charge in [0.1, 0.15) is 5.82 Å². The van der Waals surface area contributed by atoms with E-state index >= 15 is 0 Å². The van der Waals surface area contributed by atoms with Gasteiger partial charge in [0.15, 0.2) is 0 Å². The molecule has 1 aliphatic rings. The van der Waals surface area contributed by atoms with Crippen LogP contribution in [0.3, 0.4) is 0 Å². The third kappa shape index (κ3) is 5.49. The van der Waals surface area contributed by atoms with Gasteiger partial charge in [0.2, 0.25) is 5.95 Å². The van der Waals surface area contributed by atoms with Gasteiger partial charge in [0.05, 0.1) is 11.9 Å². The van der Waals surface area contributed by atoms with Crippen molar-refractivity contribution in [1.29, 1.82) is 0 Å². The number of anilines is 3. The number of rotatable bonds is 8. The highest BCUT2D eigenvalue weighted by Gasteiger charge is 2.11. The van der Waals surface area contributed by atoms with Gasteiger partial charge in [-0.25, -0.2) is 15.0 Å². The molecule has 3 heterocycles. The first kappa shape index (κ1) is 18.8. The molecule has 140 valence electrons. The third-order valence-corrected chi connectivity index (χ3v) is 5.26. The van der Waals surface area contributed by atoms with Gasteiger partial charge in [0.25, 0.3) is 0 Å². The van der Waals surface area contributed by atoms with Crippen molar-refractivity contribution in [2.24, 2.45) is 5.92 Å². The lowest BCUT2D eigenvalue weighted by atomic mass is 10.1. The van der Waals surface area contributed by atoms with Crippen LogP contribution < -0.4 is 15.5 Å². The maximum atomic E-state index is 4.56. The predicted molar refractivity (Wildman–Crippen MR) is 110 cm³/mol. The Bertz CT molecular complexity index is 655. The second kappa shape index (κ2) is 9.62. The molecule has 1 unspecified atom stereocenters. The van der Waals surface area contributed by atoms with Crippen LogP contribution in [0.1, 0.15) is 26.2 Å². The molecular formula is C19H28N6S. The molecule has 1 saturated heterocycles. The second-order valence-corrected chi connectivity index (χ2v) is 7.64. The summed E-state index contributed by atoms with van der Waals surface area (Å²) in [6.07, 6.45) is 11.6. The number of nitrogens with zero attached hydrogens (tertiary/aromatic N) is 4. The molecule has 0 saturated carbocycles. The Morgan fingerprint density at radius 3 is 2.38 bits per heavy atom. The summed E-state index contributed by atoms with van der Waals surface area (Å²) in [4.78, 5) is 16.7. The minimum atomic E-state index is 0.433. The highest BCUT2D eigenvalue weighted by molar-refractivity contribution is 7.98. The molecule has 0 bridgehead atoms. The van der Waals surface area contributed by atoms with Gasteiger partial charge in [0, 0.05) is 43.5 Å². The van der Waals surface area contributed by atoms with Gasteiger partial charge in [-0.15, -0.1) is 11.8 Å². The van der Waals surface area contributed by atoms with Crippen LogP contribution in [0.2, 0.25) is 0 Å². The Balaban J connectivity index is 1.41. The van der Waals surface area contributed by atoms with Crippen molar-refractivity contribution in [3.8, 4) is 0 Å². The molecule has 1 aliphatic heterocycles. The van der Waals surface area contributed by atoms with Crippen LogP contribution in [0, 0.1) is 5.92 Å². The van der Waals surface area contributed by atoms with Gasteiger partial charge < -0.3 is 15.5 Å². The minimum absolute atomic E-state index is 0.433. The zero-order valence-corrected chi connectivity index (χ0v) is 16.4. The standard InChI is InChI=1S/C19H28N6S/c1-15(11-22-19-23-13-17(26-2)14-24-19)10-20-18-7-6-16(12-21-18)25-8-4-3-5-9-25/h6-7,12-15H,3-5,8-11H2,1-2H3,(H,20,21)(H,22,23,24). The lowest BCUT2D eigenvalue weighted by molar-refractivity contribution is 0.577. The van der Waals surface area contributed by atoms with Gasteiger partial charge in [-0.3, -0.25) is 0 Å². The Labute approximate surface area is 160 Å². The normalized spacial score (nSPS) is 15.5. The highest BCUT2D eigenvalue weighted by atomic mass is 32.2. The zero-order valence-electron chi connectivity index (χ0n) is 15.6. The van der Waals surface area contributed by atoms with E-state index in [2.05, 4.69) is 49.5 Å². The summed E-state index contributed by atoms with van der Waals surface area (Å²) in [6.45, 7) is 6.16. The van der Waals surface area contributed by atoms with Crippen molar-refractivity contribution in [3.63, 3.8) is 0 Å². The number of piperidine rings is 1. The van der Waals surface area contributed by atoms with Crippen LogP contribution in [-0.4, -0.2) is 47.4 Å². The number of hydrogen-bond acceptors (Lipinski definition) is 7. The first-order valence-corrected chi connectivity index (χ1v) is 10.5. The highest BCUT2D eigenvalue weighted by Crippen LogP contribution is 2.20. The fourth-order valence-electron chi connectivity index (χ4n) is 2.96. The van der Waals surface area contributed by atoms with Gasteiger partial charge in [-0.1, -0.05) is 6.92 Å². The SMILES string of the molecule is CSc1cnc(NCC(C)CNc2ccc(N3CCCCC3)cn2)nc1. The van der Waals surface area contributed by atoms with E-state index in [1.54, 1.807) is 11.8 Å². The fraction of sp³-hybridized carbons (Fsp3) is 0.526. The van der Waals surface area contributed by atoms with E-state index in [9.17, 15) is 0 Å². The summed E-state index contributed by atoms with van der Waals surface area (Å²) in [6, 6.07) is 4.25. The quantitative estimate of drug-likeness (QED) is 0.684. The molecule has 0 aromatic carbocycles. The predicted octanol–water partition coefficient (Wildman–Crippen LogP) is 3.74. The number of aromatic nitrogens is 3. The molecule has 0 radical (unpaired) electrons. The maximum Gasteiger partial charge on any atom is 0.222 e. The van der Waals surface area contributed by atoms with Crippen molar-refractivity contribution in [2.45, 2.75) is 31.1 Å². The van der Waals surface area contributed by atoms with E-state index in [1.165, 1.54) is 24.9 Å². The van der Waals surface area contributed by atoms with E-state index in [-0.39, 0.29) is 0 Å². The summed E-state index contributed by atoms with van der Waals surface area (Å²) >= 11 is 1.64. The van der Waals surface area contributed by atoms with E-state index < -0.39 is 0 Å². The summed E-state index contributed by atoms with van der Waals surface area (Å²) < 4.78 is 0. The molecule has 0 aliphatic carbocycles. The molecule has 0 spiro atoms. The number of hydrogen-bond donors (Lipinski definition) is 2. The molecule has 7 heteroatoms. The minimum Gasteiger partial charge on any atom is -0.370 e. The Kier molecular flexibility index (Phi) is 6.94. The van der Waals surface area contributed by atoms with Crippen molar-refractivity contribution in [2.75, 3.05) is 48.0 Å². The van der Waals surface area contributed by atoms with Gasteiger partial charge >= 0.3 is 0 Å². The molecule has 26 heavy (non-hydrogen) atoms. The van der Waals surface area contributed by atoms with Crippen molar-refractivity contribution in [1.82, 2.24) is 15.0 Å². The van der Waals surface area contributed by atoms with Crippen molar-refractivity contribution >= 4 is 29.2 Å². The molecule has 3 rings (SSSR count). The topological polar surface area (TPSA) is 66.0 Å². The van der Waals surface area contributed by atoms with Crippen LogP contribution in [0.4, 0.5) is 17.5 Å².